The van der Waals surface area contributed by atoms with Gasteiger partial charge in [0.25, 0.3) is 5.91 Å². The average molecular weight is 431 g/mol. The molecule has 0 radical (unpaired) electrons. The number of fused-ring (bicyclic) bond motifs is 1. The van der Waals surface area contributed by atoms with Gasteiger partial charge in [-0.05, 0) is 72.6 Å². The topological polar surface area (TPSA) is 62.6 Å². The first-order valence-electron chi connectivity index (χ1n) is 7.93. The van der Waals surface area contributed by atoms with Crippen LogP contribution in [0.2, 0.25) is 0 Å². The number of carbonyl (C=O) groups is 1. The second kappa shape index (κ2) is 6.48. The number of ether oxygens (including phenoxy) is 2. The SMILES string of the molecule is Cc1ccc(N2C(=N)S/C(=C\c3cc4c(cc3Br)OCO4)C2=O)cc1C. The highest BCUT2D eigenvalue weighted by Gasteiger charge is 2.34. The van der Waals surface area contributed by atoms with Gasteiger partial charge in [0.1, 0.15) is 0 Å². The lowest BCUT2D eigenvalue weighted by atomic mass is 10.1. The molecule has 1 fully saturated rings. The fourth-order valence-corrected chi connectivity index (χ4v) is 4.06. The van der Waals surface area contributed by atoms with Gasteiger partial charge in [-0.2, -0.15) is 0 Å². The molecule has 7 heteroatoms. The van der Waals surface area contributed by atoms with Crippen molar-refractivity contribution in [2.45, 2.75) is 13.8 Å². The molecule has 0 spiro atoms. The van der Waals surface area contributed by atoms with Crippen LogP contribution in [0.15, 0.2) is 39.7 Å². The number of rotatable bonds is 2. The van der Waals surface area contributed by atoms with Crippen molar-refractivity contribution in [3.05, 3.63) is 56.4 Å². The maximum Gasteiger partial charge on any atom is 0.271 e. The van der Waals surface area contributed by atoms with Crippen molar-refractivity contribution in [2.75, 3.05) is 11.7 Å². The van der Waals surface area contributed by atoms with Crippen LogP contribution in [0.3, 0.4) is 0 Å². The minimum Gasteiger partial charge on any atom is -0.454 e. The number of anilines is 1. The summed E-state index contributed by atoms with van der Waals surface area (Å²) in [6.07, 6.45) is 1.77. The van der Waals surface area contributed by atoms with E-state index < -0.39 is 0 Å². The Kier molecular flexibility index (Phi) is 4.28. The summed E-state index contributed by atoms with van der Waals surface area (Å²) in [7, 11) is 0. The van der Waals surface area contributed by atoms with Crippen molar-refractivity contribution < 1.29 is 14.3 Å². The van der Waals surface area contributed by atoms with E-state index in [-0.39, 0.29) is 17.9 Å². The summed E-state index contributed by atoms with van der Waals surface area (Å²) >= 11 is 4.65. The van der Waals surface area contributed by atoms with Crippen molar-refractivity contribution in [1.29, 1.82) is 5.41 Å². The molecular formula is C19H15BrN2O3S. The molecule has 0 aromatic heterocycles. The molecule has 2 heterocycles. The van der Waals surface area contributed by atoms with Crippen molar-refractivity contribution in [1.82, 2.24) is 0 Å². The van der Waals surface area contributed by atoms with E-state index in [1.54, 1.807) is 6.08 Å². The molecule has 0 aliphatic carbocycles. The van der Waals surface area contributed by atoms with Crippen LogP contribution < -0.4 is 14.4 Å². The zero-order valence-electron chi connectivity index (χ0n) is 14.1. The largest absolute Gasteiger partial charge is 0.454 e. The van der Waals surface area contributed by atoms with Gasteiger partial charge in [-0.15, -0.1) is 0 Å². The van der Waals surface area contributed by atoms with Gasteiger partial charge in [-0.1, -0.05) is 22.0 Å². The number of amides is 1. The molecule has 2 aromatic carbocycles. The van der Waals surface area contributed by atoms with Crippen LogP contribution in [0.4, 0.5) is 5.69 Å². The number of nitrogens with one attached hydrogen (secondary N) is 1. The van der Waals surface area contributed by atoms with Crippen molar-refractivity contribution in [3.63, 3.8) is 0 Å². The minimum absolute atomic E-state index is 0.195. The predicted octanol–water partition coefficient (Wildman–Crippen LogP) is 4.85. The zero-order chi connectivity index (χ0) is 18.4. The maximum atomic E-state index is 12.9. The number of aryl methyl sites for hydroxylation is 2. The van der Waals surface area contributed by atoms with E-state index in [1.165, 1.54) is 4.90 Å². The van der Waals surface area contributed by atoms with E-state index in [0.29, 0.717) is 22.1 Å². The summed E-state index contributed by atoms with van der Waals surface area (Å²) in [5.74, 6) is 1.12. The van der Waals surface area contributed by atoms with Crippen LogP contribution in [-0.2, 0) is 4.79 Å². The molecule has 0 unspecified atom stereocenters. The highest BCUT2D eigenvalue weighted by atomic mass is 79.9. The fourth-order valence-electron chi connectivity index (χ4n) is 2.77. The molecule has 4 rings (SSSR count). The molecule has 1 amide bonds. The molecule has 2 aliphatic heterocycles. The number of thioether (sulfide) groups is 1. The molecule has 0 bridgehead atoms. The molecule has 26 heavy (non-hydrogen) atoms. The molecule has 2 aromatic rings. The number of amidine groups is 1. The van der Waals surface area contributed by atoms with Gasteiger partial charge < -0.3 is 9.47 Å². The molecule has 132 valence electrons. The van der Waals surface area contributed by atoms with E-state index in [4.69, 9.17) is 14.9 Å². The lowest BCUT2D eigenvalue weighted by Crippen LogP contribution is -2.28. The molecule has 5 nitrogen and oxygen atoms in total. The molecular weight excluding hydrogens is 416 g/mol. The Balaban J connectivity index is 1.69. The van der Waals surface area contributed by atoms with Crippen LogP contribution in [0.5, 0.6) is 11.5 Å². The summed E-state index contributed by atoms with van der Waals surface area (Å²) in [5, 5.41) is 8.44. The Bertz CT molecular complexity index is 987. The standard InChI is InChI=1S/C19H15BrN2O3S/c1-10-3-4-13(5-11(10)2)22-18(23)17(26-19(22)21)7-12-6-15-16(8-14(12)20)25-9-24-15/h3-8,21H,9H2,1-2H3/b17-7-,21-19?. The van der Waals surface area contributed by atoms with E-state index in [2.05, 4.69) is 15.9 Å². The first-order chi connectivity index (χ1) is 12.4. The van der Waals surface area contributed by atoms with Gasteiger partial charge in [0.15, 0.2) is 16.7 Å². The highest BCUT2D eigenvalue weighted by molar-refractivity contribution is 9.10. The number of benzene rings is 2. The average Bonchev–Trinajstić information content (AvgIpc) is 3.15. The summed E-state index contributed by atoms with van der Waals surface area (Å²) in [4.78, 5) is 14.8. The van der Waals surface area contributed by atoms with Gasteiger partial charge in [0.2, 0.25) is 6.79 Å². The minimum atomic E-state index is -0.201. The van der Waals surface area contributed by atoms with Crippen molar-refractivity contribution >= 4 is 50.5 Å². The van der Waals surface area contributed by atoms with E-state index in [1.807, 2.05) is 44.2 Å². The number of halogens is 1. The number of hydrogen-bond acceptors (Lipinski definition) is 5. The second-order valence-electron chi connectivity index (χ2n) is 6.05. The Morgan fingerprint density at radius 2 is 1.88 bits per heavy atom. The third-order valence-electron chi connectivity index (χ3n) is 4.35. The number of hydrogen-bond donors (Lipinski definition) is 1. The van der Waals surface area contributed by atoms with Crippen LogP contribution in [-0.4, -0.2) is 17.9 Å². The summed E-state index contributed by atoms with van der Waals surface area (Å²) in [6, 6.07) is 9.42. The third kappa shape index (κ3) is 2.91. The van der Waals surface area contributed by atoms with Crippen LogP contribution in [0.25, 0.3) is 6.08 Å². The lowest BCUT2D eigenvalue weighted by Gasteiger charge is -2.15. The van der Waals surface area contributed by atoms with Gasteiger partial charge in [0.05, 0.1) is 10.6 Å². The van der Waals surface area contributed by atoms with Gasteiger partial charge >= 0.3 is 0 Å². The molecule has 0 saturated carbocycles. The second-order valence-corrected chi connectivity index (χ2v) is 7.94. The summed E-state index contributed by atoms with van der Waals surface area (Å²) in [5.41, 5.74) is 3.76. The first-order valence-corrected chi connectivity index (χ1v) is 9.54. The first kappa shape index (κ1) is 17.2. The molecule has 2 aliphatic rings. The summed E-state index contributed by atoms with van der Waals surface area (Å²) < 4.78 is 11.6. The Hall–Kier alpha value is -2.25. The fraction of sp³-hybridized carbons (Fsp3) is 0.158. The van der Waals surface area contributed by atoms with Crippen molar-refractivity contribution in [3.8, 4) is 11.5 Å². The maximum absolute atomic E-state index is 12.9. The van der Waals surface area contributed by atoms with Gasteiger partial charge in [0, 0.05) is 4.47 Å². The van der Waals surface area contributed by atoms with Crippen LogP contribution >= 0.6 is 27.7 Å². The Labute approximate surface area is 163 Å². The molecule has 1 saturated heterocycles. The zero-order valence-corrected chi connectivity index (χ0v) is 16.5. The summed E-state index contributed by atoms with van der Waals surface area (Å²) in [6.45, 7) is 4.21. The number of carbonyl (C=O) groups excluding carboxylic acids is 1. The quantitative estimate of drug-likeness (QED) is 0.691. The van der Waals surface area contributed by atoms with Gasteiger partial charge in [-0.3, -0.25) is 15.1 Å². The van der Waals surface area contributed by atoms with Crippen LogP contribution in [0.1, 0.15) is 16.7 Å². The monoisotopic (exact) mass is 430 g/mol. The normalized spacial score (nSPS) is 17.5. The van der Waals surface area contributed by atoms with Crippen LogP contribution in [0, 0.1) is 19.3 Å². The third-order valence-corrected chi connectivity index (χ3v) is 5.93. The molecule has 1 N–H and O–H groups in total. The van der Waals surface area contributed by atoms with Crippen molar-refractivity contribution in [2.24, 2.45) is 0 Å². The molecule has 0 atom stereocenters. The Morgan fingerprint density at radius 3 is 2.62 bits per heavy atom. The highest BCUT2D eigenvalue weighted by Crippen LogP contribution is 2.40. The van der Waals surface area contributed by atoms with E-state index in [9.17, 15) is 4.79 Å². The smallest absolute Gasteiger partial charge is 0.271 e. The van der Waals surface area contributed by atoms with Gasteiger partial charge in [-0.25, -0.2) is 0 Å². The van der Waals surface area contributed by atoms with E-state index in [0.717, 1.165) is 32.9 Å². The number of nitrogens with zero attached hydrogens (tertiary/aromatic N) is 1. The Morgan fingerprint density at radius 1 is 1.15 bits per heavy atom. The van der Waals surface area contributed by atoms with E-state index >= 15 is 0 Å². The predicted molar refractivity (Wildman–Crippen MR) is 107 cm³/mol. The lowest BCUT2D eigenvalue weighted by molar-refractivity contribution is -0.113.